The van der Waals surface area contributed by atoms with Crippen molar-refractivity contribution < 1.29 is 19.7 Å². The molecule has 0 fully saturated rings. The van der Waals surface area contributed by atoms with Crippen LogP contribution in [-0.4, -0.2) is 23.6 Å². The standard InChI is InChI=1S/C10H13NO4/c11-2-1-7(12)6-3-9-10(4-8(6)13)15-5-14-9/h3-4,7,12-13H,1-2,5,11H2. The third-order valence-electron chi connectivity index (χ3n) is 2.32. The van der Waals surface area contributed by atoms with Crippen LogP contribution in [0, 0.1) is 0 Å². The Morgan fingerprint density at radius 1 is 1.33 bits per heavy atom. The highest BCUT2D eigenvalue weighted by molar-refractivity contribution is 5.51. The summed E-state index contributed by atoms with van der Waals surface area (Å²) in [5, 5.41) is 19.3. The summed E-state index contributed by atoms with van der Waals surface area (Å²) >= 11 is 0. The molecule has 1 aliphatic rings. The first-order valence-corrected chi connectivity index (χ1v) is 4.73. The zero-order valence-corrected chi connectivity index (χ0v) is 8.14. The van der Waals surface area contributed by atoms with Gasteiger partial charge in [-0.25, -0.2) is 0 Å². The highest BCUT2D eigenvalue weighted by Gasteiger charge is 2.20. The van der Waals surface area contributed by atoms with Crippen LogP contribution in [-0.2, 0) is 0 Å². The third-order valence-corrected chi connectivity index (χ3v) is 2.32. The Bertz CT molecular complexity index is 367. The predicted octanol–water partition coefficient (Wildman–Crippen LogP) is 0.503. The maximum Gasteiger partial charge on any atom is 0.231 e. The van der Waals surface area contributed by atoms with Gasteiger partial charge in [-0.3, -0.25) is 0 Å². The number of hydrogen-bond donors (Lipinski definition) is 3. The Balaban J connectivity index is 2.31. The number of aliphatic hydroxyl groups excluding tert-OH is 1. The Morgan fingerprint density at radius 3 is 2.67 bits per heavy atom. The van der Waals surface area contributed by atoms with E-state index >= 15 is 0 Å². The van der Waals surface area contributed by atoms with E-state index in [9.17, 15) is 10.2 Å². The van der Waals surface area contributed by atoms with Crippen LogP contribution in [0.5, 0.6) is 17.2 Å². The van der Waals surface area contributed by atoms with E-state index in [-0.39, 0.29) is 12.5 Å². The van der Waals surface area contributed by atoms with Gasteiger partial charge in [0.1, 0.15) is 5.75 Å². The van der Waals surface area contributed by atoms with Gasteiger partial charge in [0.25, 0.3) is 0 Å². The SMILES string of the molecule is NCCC(O)c1cc2c(cc1O)OCO2. The molecule has 2 rings (SSSR count). The molecule has 0 aromatic heterocycles. The van der Waals surface area contributed by atoms with Crippen molar-refractivity contribution in [2.75, 3.05) is 13.3 Å². The second-order valence-corrected chi connectivity index (χ2v) is 3.36. The molecule has 0 bridgehead atoms. The fourth-order valence-corrected chi connectivity index (χ4v) is 1.53. The van der Waals surface area contributed by atoms with E-state index in [2.05, 4.69) is 0 Å². The van der Waals surface area contributed by atoms with Crippen molar-refractivity contribution in [2.24, 2.45) is 5.73 Å². The van der Waals surface area contributed by atoms with Crippen LogP contribution in [0.15, 0.2) is 12.1 Å². The summed E-state index contributed by atoms with van der Waals surface area (Å²) in [7, 11) is 0. The van der Waals surface area contributed by atoms with Crippen molar-refractivity contribution in [3.8, 4) is 17.2 Å². The molecule has 5 nitrogen and oxygen atoms in total. The molecule has 0 saturated heterocycles. The van der Waals surface area contributed by atoms with Gasteiger partial charge >= 0.3 is 0 Å². The van der Waals surface area contributed by atoms with E-state index in [1.54, 1.807) is 6.07 Å². The molecule has 1 heterocycles. The average Bonchev–Trinajstić information content (AvgIpc) is 2.63. The number of ether oxygens (including phenoxy) is 2. The first-order valence-electron chi connectivity index (χ1n) is 4.73. The number of phenols is 1. The fraction of sp³-hybridized carbons (Fsp3) is 0.400. The zero-order chi connectivity index (χ0) is 10.8. The summed E-state index contributed by atoms with van der Waals surface area (Å²) in [6.07, 6.45) is -0.378. The van der Waals surface area contributed by atoms with Gasteiger partial charge in [-0.15, -0.1) is 0 Å². The molecular formula is C10H13NO4. The maximum absolute atomic E-state index is 9.70. The van der Waals surface area contributed by atoms with Crippen LogP contribution in [0.25, 0.3) is 0 Å². The van der Waals surface area contributed by atoms with Gasteiger partial charge in [0, 0.05) is 11.6 Å². The molecule has 0 spiro atoms. The van der Waals surface area contributed by atoms with Crippen LogP contribution in [0.3, 0.4) is 0 Å². The van der Waals surface area contributed by atoms with Crippen LogP contribution in [0.1, 0.15) is 18.1 Å². The molecular weight excluding hydrogens is 198 g/mol. The van der Waals surface area contributed by atoms with E-state index < -0.39 is 6.10 Å². The first kappa shape index (κ1) is 10.1. The topological polar surface area (TPSA) is 84.9 Å². The Morgan fingerprint density at radius 2 is 2.00 bits per heavy atom. The van der Waals surface area contributed by atoms with Crippen molar-refractivity contribution in [3.63, 3.8) is 0 Å². The third kappa shape index (κ3) is 1.84. The van der Waals surface area contributed by atoms with Crippen LogP contribution >= 0.6 is 0 Å². The Hall–Kier alpha value is -1.46. The van der Waals surface area contributed by atoms with Gasteiger partial charge in [0.2, 0.25) is 6.79 Å². The molecule has 4 N–H and O–H groups in total. The predicted molar refractivity (Wildman–Crippen MR) is 52.9 cm³/mol. The van der Waals surface area contributed by atoms with Gasteiger partial charge in [0.15, 0.2) is 11.5 Å². The van der Waals surface area contributed by atoms with Crippen LogP contribution < -0.4 is 15.2 Å². The molecule has 1 unspecified atom stereocenters. The van der Waals surface area contributed by atoms with E-state index in [1.165, 1.54) is 6.07 Å². The highest BCUT2D eigenvalue weighted by atomic mass is 16.7. The lowest BCUT2D eigenvalue weighted by molar-refractivity contribution is 0.165. The average molecular weight is 211 g/mol. The minimum Gasteiger partial charge on any atom is -0.507 e. The summed E-state index contributed by atoms with van der Waals surface area (Å²) in [6, 6.07) is 3.02. The number of phenolic OH excluding ortho intramolecular Hbond substituents is 1. The number of hydrogen-bond acceptors (Lipinski definition) is 5. The summed E-state index contributed by atoms with van der Waals surface area (Å²) in [5.41, 5.74) is 5.75. The Labute approximate surface area is 87.0 Å². The lowest BCUT2D eigenvalue weighted by atomic mass is 10.0. The van der Waals surface area contributed by atoms with Crippen LogP contribution in [0.4, 0.5) is 0 Å². The van der Waals surface area contributed by atoms with E-state index in [0.29, 0.717) is 30.0 Å². The minimum atomic E-state index is -0.774. The maximum atomic E-state index is 9.70. The number of aromatic hydroxyl groups is 1. The number of nitrogens with two attached hydrogens (primary N) is 1. The number of benzene rings is 1. The molecule has 1 aromatic rings. The highest BCUT2D eigenvalue weighted by Crippen LogP contribution is 2.40. The molecule has 82 valence electrons. The Kier molecular flexibility index (Phi) is 2.66. The molecule has 1 atom stereocenters. The van der Waals surface area contributed by atoms with Crippen molar-refractivity contribution >= 4 is 0 Å². The zero-order valence-electron chi connectivity index (χ0n) is 8.14. The molecule has 0 saturated carbocycles. The molecule has 15 heavy (non-hydrogen) atoms. The molecule has 0 amide bonds. The minimum absolute atomic E-state index is 0.000185. The number of aliphatic hydroxyl groups is 1. The summed E-state index contributed by atoms with van der Waals surface area (Å²) in [6.45, 7) is 0.500. The van der Waals surface area contributed by atoms with Crippen molar-refractivity contribution in [1.29, 1.82) is 0 Å². The smallest absolute Gasteiger partial charge is 0.231 e. The lowest BCUT2D eigenvalue weighted by Gasteiger charge is -2.12. The molecule has 1 aliphatic heterocycles. The van der Waals surface area contributed by atoms with Gasteiger partial charge in [-0.1, -0.05) is 0 Å². The number of fused-ring (bicyclic) bond motifs is 1. The fourth-order valence-electron chi connectivity index (χ4n) is 1.53. The first-order chi connectivity index (χ1) is 7.22. The normalized spacial score (nSPS) is 15.3. The van der Waals surface area contributed by atoms with E-state index in [4.69, 9.17) is 15.2 Å². The van der Waals surface area contributed by atoms with Crippen molar-refractivity contribution in [2.45, 2.75) is 12.5 Å². The van der Waals surface area contributed by atoms with Gasteiger partial charge in [-0.05, 0) is 19.0 Å². The van der Waals surface area contributed by atoms with Crippen molar-refractivity contribution in [1.82, 2.24) is 0 Å². The van der Waals surface area contributed by atoms with E-state index in [0.717, 1.165) is 0 Å². The lowest BCUT2D eigenvalue weighted by Crippen LogP contribution is -2.06. The molecule has 5 heteroatoms. The van der Waals surface area contributed by atoms with Gasteiger partial charge < -0.3 is 25.4 Å². The summed E-state index contributed by atoms with van der Waals surface area (Å²) < 4.78 is 10.2. The van der Waals surface area contributed by atoms with Crippen LogP contribution in [0.2, 0.25) is 0 Å². The van der Waals surface area contributed by atoms with Crippen molar-refractivity contribution in [3.05, 3.63) is 17.7 Å². The monoisotopic (exact) mass is 211 g/mol. The largest absolute Gasteiger partial charge is 0.507 e. The second-order valence-electron chi connectivity index (χ2n) is 3.36. The van der Waals surface area contributed by atoms with Gasteiger partial charge in [0.05, 0.1) is 6.10 Å². The summed E-state index contributed by atoms with van der Waals surface area (Å²) in [5.74, 6) is 1.04. The number of rotatable bonds is 3. The quantitative estimate of drug-likeness (QED) is 0.678. The van der Waals surface area contributed by atoms with E-state index in [1.807, 2.05) is 0 Å². The summed E-state index contributed by atoms with van der Waals surface area (Å²) in [4.78, 5) is 0. The molecule has 1 aromatic carbocycles. The molecule has 0 aliphatic carbocycles. The molecule has 0 radical (unpaired) electrons. The van der Waals surface area contributed by atoms with Gasteiger partial charge in [-0.2, -0.15) is 0 Å². The second kappa shape index (κ2) is 3.96.